The Morgan fingerprint density at radius 2 is 2.00 bits per heavy atom. The summed E-state index contributed by atoms with van der Waals surface area (Å²) in [5, 5.41) is 10.8. The van der Waals surface area contributed by atoms with Crippen LogP contribution in [0.1, 0.15) is 35.8 Å². The lowest BCUT2D eigenvalue weighted by molar-refractivity contribution is -0.117. The SMILES string of the molecule is Cc1ncc(NC(=O)c2cnc3[nH]c(-c4cnn(C)c4)cc3c2)cc1NC(=O)CN1CCC[C@H](C)C1. The Balaban J connectivity index is 1.27. The predicted octanol–water partition coefficient (Wildman–Crippen LogP) is 3.59. The lowest BCUT2D eigenvalue weighted by atomic mass is 10.0. The Bertz CT molecular complexity index is 1420. The molecule has 36 heavy (non-hydrogen) atoms. The van der Waals surface area contributed by atoms with Gasteiger partial charge in [-0.2, -0.15) is 5.10 Å². The third kappa shape index (κ3) is 5.28. The van der Waals surface area contributed by atoms with Crippen LogP contribution in [0, 0.1) is 12.8 Å². The first-order valence-corrected chi connectivity index (χ1v) is 12.1. The highest BCUT2D eigenvalue weighted by Crippen LogP contribution is 2.24. The molecule has 0 aliphatic carbocycles. The van der Waals surface area contributed by atoms with Crippen LogP contribution in [0.25, 0.3) is 22.3 Å². The molecule has 5 rings (SSSR count). The first-order chi connectivity index (χ1) is 17.3. The highest BCUT2D eigenvalue weighted by atomic mass is 16.2. The van der Waals surface area contributed by atoms with Gasteiger partial charge < -0.3 is 15.6 Å². The molecule has 4 aromatic rings. The van der Waals surface area contributed by atoms with E-state index in [0.717, 1.165) is 36.2 Å². The molecule has 186 valence electrons. The fraction of sp³-hybridized carbons (Fsp3) is 0.346. The number of carbonyl (C=O) groups is 2. The summed E-state index contributed by atoms with van der Waals surface area (Å²) in [6.07, 6.45) is 9.12. The van der Waals surface area contributed by atoms with Crippen LogP contribution >= 0.6 is 0 Å². The second-order valence-electron chi connectivity index (χ2n) is 9.59. The molecule has 3 N–H and O–H groups in total. The predicted molar refractivity (Wildman–Crippen MR) is 139 cm³/mol. The summed E-state index contributed by atoms with van der Waals surface area (Å²) >= 11 is 0. The van der Waals surface area contributed by atoms with Crippen molar-refractivity contribution >= 4 is 34.2 Å². The standard InChI is InChI=1S/C26H30N8O2/c1-16-5-4-6-34(13-16)15-24(35)31-22-9-21(12-27-17(22)2)30-26(36)19-7-18-8-23(32-25(18)28-10-19)20-11-29-33(3)14-20/h7-12,14,16H,4-6,13,15H2,1-3H3,(H,28,32)(H,30,36)(H,31,35)/t16-/m0/s1. The number of aromatic nitrogens is 5. The number of piperidine rings is 1. The van der Waals surface area contributed by atoms with Gasteiger partial charge in [-0.3, -0.25) is 24.2 Å². The summed E-state index contributed by atoms with van der Waals surface area (Å²) in [5.41, 5.74) is 4.70. The maximum absolute atomic E-state index is 13.0. The molecule has 10 heteroatoms. The number of fused-ring (bicyclic) bond motifs is 1. The minimum Gasteiger partial charge on any atom is -0.339 e. The van der Waals surface area contributed by atoms with Gasteiger partial charge in [0.1, 0.15) is 5.65 Å². The fourth-order valence-corrected chi connectivity index (χ4v) is 4.61. The molecule has 0 spiro atoms. The van der Waals surface area contributed by atoms with Crippen molar-refractivity contribution in [1.82, 2.24) is 29.6 Å². The van der Waals surface area contributed by atoms with Crippen molar-refractivity contribution in [3.05, 3.63) is 54.2 Å². The number of likely N-dealkylation sites (tertiary alicyclic amines) is 1. The minimum atomic E-state index is -0.307. The zero-order chi connectivity index (χ0) is 25.2. The van der Waals surface area contributed by atoms with E-state index < -0.39 is 0 Å². The van der Waals surface area contributed by atoms with Crippen molar-refractivity contribution in [2.75, 3.05) is 30.3 Å². The number of aromatic amines is 1. The van der Waals surface area contributed by atoms with Gasteiger partial charge in [-0.05, 0) is 50.4 Å². The second-order valence-corrected chi connectivity index (χ2v) is 9.59. The zero-order valence-electron chi connectivity index (χ0n) is 20.7. The van der Waals surface area contributed by atoms with Gasteiger partial charge in [-0.15, -0.1) is 0 Å². The molecule has 1 aliphatic heterocycles. The van der Waals surface area contributed by atoms with E-state index in [9.17, 15) is 9.59 Å². The second kappa shape index (κ2) is 9.90. The van der Waals surface area contributed by atoms with E-state index in [0.29, 0.717) is 40.7 Å². The van der Waals surface area contributed by atoms with Gasteiger partial charge in [-0.25, -0.2) is 4.98 Å². The summed E-state index contributed by atoms with van der Waals surface area (Å²) in [7, 11) is 1.86. The van der Waals surface area contributed by atoms with Crippen molar-refractivity contribution in [3.63, 3.8) is 0 Å². The number of carbonyl (C=O) groups excluding carboxylic acids is 2. The Morgan fingerprint density at radius 3 is 2.78 bits per heavy atom. The third-order valence-electron chi connectivity index (χ3n) is 6.48. The average Bonchev–Trinajstić information content (AvgIpc) is 3.46. The van der Waals surface area contributed by atoms with Crippen LogP contribution in [-0.4, -0.2) is 61.1 Å². The molecule has 1 saturated heterocycles. The number of amides is 2. The van der Waals surface area contributed by atoms with Crippen molar-refractivity contribution in [2.24, 2.45) is 13.0 Å². The Morgan fingerprint density at radius 1 is 1.14 bits per heavy atom. The maximum Gasteiger partial charge on any atom is 0.257 e. The molecule has 0 aromatic carbocycles. The summed E-state index contributed by atoms with van der Waals surface area (Å²) in [4.78, 5) is 39.8. The van der Waals surface area contributed by atoms with Crippen LogP contribution < -0.4 is 10.6 Å². The maximum atomic E-state index is 13.0. The topological polar surface area (TPSA) is 121 Å². The summed E-state index contributed by atoms with van der Waals surface area (Å²) in [5.74, 6) is 0.221. The Kier molecular flexibility index (Phi) is 6.51. The van der Waals surface area contributed by atoms with Gasteiger partial charge in [0.25, 0.3) is 5.91 Å². The summed E-state index contributed by atoms with van der Waals surface area (Å²) in [6.45, 7) is 6.27. The van der Waals surface area contributed by atoms with E-state index in [1.54, 1.807) is 29.2 Å². The highest BCUT2D eigenvalue weighted by molar-refractivity contribution is 6.06. The average molecular weight is 487 g/mol. The molecule has 10 nitrogen and oxygen atoms in total. The Hall–Kier alpha value is -4.05. The van der Waals surface area contributed by atoms with Crippen molar-refractivity contribution in [1.29, 1.82) is 0 Å². The molecule has 1 fully saturated rings. The molecule has 0 radical (unpaired) electrons. The van der Waals surface area contributed by atoms with Gasteiger partial charge >= 0.3 is 0 Å². The van der Waals surface area contributed by atoms with E-state index in [2.05, 4.69) is 42.5 Å². The van der Waals surface area contributed by atoms with Gasteiger partial charge in [0.05, 0.1) is 47.3 Å². The first kappa shape index (κ1) is 23.7. The van der Waals surface area contributed by atoms with E-state index >= 15 is 0 Å². The number of hydrogen-bond donors (Lipinski definition) is 3. The van der Waals surface area contributed by atoms with Crippen LogP contribution in [0.3, 0.4) is 0 Å². The molecule has 5 heterocycles. The van der Waals surface area contributed by atoms with E-state index in [1.165, 1.54) is 12.6 Å². The van der Waals surface area contributed by atoms with Crippen LogP contribution in [0.5, 0.6) is 0 Å². The number of aryl methyl sites for hydroxylation is 2. The zero-order valence-corrected chi connectivity index (χ0v) is 20.7. The van der Waals surface area contributed by atoms with Crippen molar-refractivity contribution in [3.8, 4) is 11.3 Å². The van der Waals surface area contributed by atoms with Gasteiger partial charge in [0.15, 0.2) is 0 Å². The highest BCUT2D eigenvalue weighted by Gasteiger charge is 2.19. The Labute approximate surface area is 209 Å². The largest absolute Gasteiger partial charge is 0.339 e. The molecule has 0 bridgehead atoms. The van der Waals surface area contributed by atoms with Gasteiger partial charge in [0.2, 0.25) is 5.91 Å². The molecule has 2 amide bonds. The number of anilines is 2. The lowest BCUT2D eigenvalue weighted by Gasteiger charge is -2.30. The smallest absolute Gasteiger partial charge is 0.257 e. The van der Waals surface area contributed by atoms with Crippen LogP contribution in [0.2, 0.25) is 0 Å². The van der Waals surface area contributed by atoms with E-state index in [-0.39, 0.29) is 11.8 Å². The molecule has 0 saturated carbocycles. The minimum absolute atomic E-state index is 0.0796. The monoisotopic (exact) mass is 486 g/mol. The molecular weight excluding hydrogens is 456 g/mol. The molecule has 1 atom stereocenters. The molecule has 1 aliphatic rings. The number of pyridine rings is 2. The summed E-state index contributed by atoms with van der Waals surface area (Å²) < 4.78 is 1.73. The summed E-state index contributed by atoms with van der Waals surface area (Å²) in [6, 6.07) is 5.47. The molecular formula is C26H30N8O2. The van der Waals surface area contributed by atoms with Crippen LogP contribution in [0.4, 0.5) is 11.4 Å². The number of hydrogen-bond acceptors (Lipinski definition) is 6. The quantitative estimate of drug-likeness (QED) is 0.383. The van der Waals surface area contributed by atoms with Crippen molar-refractivity contribution in [2.45, 2.75) is 26.7 Å². The van der Waals surface area contributed by atoms with Gasteiger partial charge in [0, 0.05) is 36.9 Å². The van der Waals surface area contributed by atoms with Crippen LogP contribution in [0.15, 0.2) is 43.0 Å². The third-order valence-corrected chi connectivity index (χ3v) is 6.48. The van der Waals surface area contributed by atoms with E-state index in [4.69, 9.17) is 0 Å². The molecule has 0 unspecified atom stereocenters. The number of H-pyrrole nitrogens is 1. The molecule has 4 aromatic heterocycles. The first-order valence-electron chi connectivity index (χ1n) is 12.1. The number of nitrogens with zero attached hydrogens (tertiary/aromatic N) is 5. The fourth-order valence-electron chi connectivity index (χ4n) is 4.61. The van der Waals surface area contributed by atoms with Crippen LogP contribution in [-0.2, 0) is 11.8 Å². The van der Waals surface area contributed by atoms with Gasteiger partial charge in [-0.1, -0.05) is 6.92 Å². The normalized spacial score (nSPS) is 16.2. The van der Waals surface area contributed by atoms with Crippen molar-refractivity contribution < 1.29 is 9.59 Å². The lowest BCUT2D eigenvalue weighted by Crippen LogP contribution is -2.39. The van der Waals surface area contributed by atoms with E-state index in [1.807, 2.05) is 26.2 Å². The number of rotatable bonds is 6. The number of nitrogens with one attached hydrogen (secondary N) is 3.